The van der Waals surface area contributed by atoms with Crippen LogP contribution in [0.25, 0.3) is 0 Å². The predicted octanol–water partition coefficient (Wildman–Crippen LogP) is 1.40. The number of methoxy groups -OCH3 is 1. The zero-order chi connectivity index (χ0) is 15.5. The summed E-state index contributed by atoms with van der Waals surface area (Å²) in [5.74, 6) is -0.440. The van der Waals surface area contributed by atoms with Crippen LogP contribution in [0.1, 0.15) is 6.92 Å². The lowest BCUT2D eigenvalue weighted by Gasteiger charge is -2.46. The summed E-state index contributed by atoms with van der Waals surface area (Å²) in [6.45, 7) is 2.11. The number of para-hydroxylation sites is 2. The number of aliphatic carboxylic acids is 1. The van der Waals surface area contributed by atoms with Gasteiger partial charge in [-0.1, -0.05) is 12.1 Å². The molecular weight excluding hydrogens is 276 g/mol. The van der Waals surface area contributed by atoms with Gasteiger partial charge in [0.2, 0.25) is 0 Å². The molecule has 1 aliphatic heterocycles. The van der Waals surface area contributed by atoms with E-state index in [2.05, 4.69) is 5.32 Å². The Bertz CT molecular complexity index is 540. The Labute approximate surface area is 122 Å². The highest BCUT2D eigenvalue weighted by Crippen LogP contribution is 2.27. The monoisotopic (exact) mass is 294 g/mol. The molecule has 1 aromatic carbocycles. The van der Waals surface area contributed by atoms with Crippen molar-refractivity contribution in [3.63, 3.8) is 0 Å². The van der Waals surface area contributed by atoms with Crippen LogP contribution in [-0.2, 0) is 9.53 Å². The van der Waals surface area contributed by atoms with E-state index in [4.69, 9.17) is 14.6 Å². The van der Waals surface area contributed by atoms with E-state index < -0.39 is 11.6 Å². The van der Waals surface area contributed by atoms with Gasteiger partial charge < -0.3 is 24.8 Å². The lowest BCUT2D eigenvalue weighted by molar-refractivity contribution is -0.159. The molecule has 2 N–H and O–H groups in total. The zero-order valence-corrected chi connectivity index (χ0v) is 12.0. The van der Waals surface area contributed by atoms with Gasteiger partial charge in [-0.15, -0.1) is 0 Å². The van der Waals surface area contributed by atoms with Crippen molar-refractivity contribution in [2.24, 2.45) is 0 Å². The van der Waals surface area contributed by atoms with Crippen molar-refractivity contribution in [3.05, 3.63) is 24.3 Å². The Morgan fingerprint density at radius 1 is 1.38 bits per heavy atom. The van der Waals surface area contributed by atoms with E-state index in [9.17, 15) is 9.59 Å². The van der Waals surface area contributed by atoms with E-state index in [1.54, 1.807) is 30.0 Å². The number of benzene rings is 1. The number of carboxylic acid groups (broad SMARTS) is 1. The molecule has 0 bridgehead atoms. The molecule has 1 heterocycles. The molecule has 7 heteroatoms. The Hall–Kier alpha value is -2.28. The van der Waals surface area contributed by atoms with Crippen LogP contribution in [0.2, 0.25) is 0 Å². The first-order valence-corrected chi connectivity index (χ1v) is 6.48. The molecule has 0 saturated carbocycles. The number of carboxylic acids is 1. The maximum absolute atomic E-state index is 12.1. The number of carbonyl (C=O) groups is 2. The third-order valence-electron chi connectivity index (χ3n) is 3.23. The average molecular weight is 294 g/mol. The van der Waals surface area contributed by atoms with Gasteiger partial charge in [-0.3, -0.25) is 0 Å². The number of ether oxygens (including phenoxy) is 2. The van der Waals surface area contributed by atoms with Crippen LogP contribution in [0.3, 0.4) is 0 Å². The highest BCUT2D eigenvalue weighted by molar-refractivity contribution is 5.91. The summed E-state index contributed by atoms with van der Waals surface area (Å²) in [4.78, 5) is 24.1. The number of hydrogen-bond donors (Lipinski definition) is 2. The molecule has 0 radical (unpaired) electrons. The molecular formula is C14H18N2O5. The number of carbonyl (C=O) groups excluding carboxylic acids is 1. The molecule has 0 spiro atoms. The largest absolute Gasteiger partial charge is 0.495 e. The summed E-state index contributed by atoms with van der Waals surface area (Å²) in [6.07, 6.45) is 0. The number of likely N-dealkylation sites (tertiary alicyclic amines) is 1. The number of rotatable bonds is 5. The predicted molar refractivity (Wildman–Crippen MR) is 75.6 cm³/mol. The van der Waals surface area contributed by atoms with Crippen molar-refractivity contribution in [3.8, 4) is 5.75 Å². The average Bonchev–Trinajstić information content (AvgIpc) is 2.42. The maximum Gasteiger partial charge on any atom is 0.329 e. The van der Waals surface area contributed by atoms with Gasteiger partial charge in [0.05, 0.1) is 25.9 Å². The molecule has 1 aliphatic rings. The fraction of sp³-hybridized carbons (Fsp3) is 0.429. The van der Waals surface area contributed by atoms with Crippen molar-refractivity contribution in [2.75, 3.05) is 32.1 Å². The second kappa shape index (κ2) is 6.01. The number of urea groups is 1. The van der Waals surface area contributed by atoms with Gasteiger partial charge in [0.25, 0.3) is 0 Å². The van der Waals surface area contributed by atoms with E-state index in [0.29, 0.717) is 24.5 Å². The molecule has 1 fully saturated rings. The summed E-state index contributed by atoms with van der Waals surface area (Å²) >= 11 is 0. The zero-order valence-electron chi connectivity index (χ0n) is 12.0. The smallest absolute Gasteiger partial charge is 0.329 e. The van der Waals surface area contributed by atoms with Crippen LogP contribution in [-0.4, -0.2) is 54.4 Å². The fourth-order valence-corrected chi connectivity index (χ4v) is 2.17. The van der Waals surface area contributed by atoms with Crippen LogP contribution in [0.15, 0.2) is 24.3 Å². The van der Waals surface area contributed by atoms with Gasteiger partial charge in [0.15, 0.2) is 0 Å². The summed E-state index contributed by atoms with van der Waals surface area (Å²) in [5, 5.41) is 11.3. The molecule has 0 unspecified atom stereocenters. The lowest BCUT2D eigenvalue weighted by atomic mass is 9.97. The quantitative estimate of drug-likeness (QED) is 0.857. The minimum atomic E-state index is -1.02. The maximum atomic E-state index is 12.1. The first kappa shape index (κ1) is 15.1. The minimum absolute atomic E-state index is 0.268. The highest BCUT2D eigenvalue weighted by Gasteiger charge is 2.42. The number of nitrogens with zero attached hydrogens (tertiary/aromatic N) is 1. The SMILES string of the molecule is COc1ccccc1NC(=O)N1CC(C)(OCC(=O)O)C1. The summed E-state index contributed by atoms with van der Waals surface area (Å²) < 4.78 is 10.4. The van der Waals surface area contributed by atoms with Crippen LogP contribution >= 0.6 is 0 Å². The van der Waals surface area contributed by atoms with E-state index in [1.807, 2.05) is 6.07 Å². The first-order chi connectivity index (χ1) is 9.93. The van der Waals surface area contributed by atoms with Crippen molar-refractivity contribution in [1.29, 1.82) is 0 Å². The van der Waals surface area contributed by atoms with E-state index in [0.717, 1.165) is 0 Å². The van der Waals surface area contributed by atoms with Gasteiger partial charge in [-0.2, -0.15) is 0 Å². The molecule has 2 rings (SSSR count). The molecule has 0 atom stereocenters. The topological polar surface area (TPSA) is 88.1 Å². The summed E-state index contributed by atoms with van der Waals surface area (Å²) in [6, 6.07) is 6.85. The minimum Gasteiger partial charge on any atom is -0.495 e. The van der Waals surface area contributed by atoms with Crippen LogP contribution in [0.4, 0.5) is 10.5 Å². The first-order valence-electron chi connectivity index (χ1n) is 6.48. The Morgan fingerprint density at radius 3 is 2.67 bits per heavy atom. The van der Waals surface area contributed by atoms with Crippen molar-refractivity contribution in [1.82, 2.24) is 4.90 Å². The number of anilines is 1. The Balaban J connectivity index is 1.88. The number of amides is 2. The van der Waals surface area contributed by atoms with Gasteiger partial charge in [0.1, 0.15) is 18.0 Å². The van der Waals surface area contributed by atoms with Crippen LogP contribution in [0, 0.1) is 0 Å². The van der Waals surface area contributed by atoms with E-state index in [1.165, 1.54) is 7.11 Å². The molecule has 2 amide bonds. The number of hydrogen-bond acceptors (Lipinski definition) is 4. The second-order valence-corrected chi connectivity index (χ2v) is 5.12. The van der Waals surface area contributed by atoms with Crippen molar-refractivity contribution < 1.29 is 24.2 Å². The van der Waals surface area contributed by atoms with Crippen LogP contribution in [0.5, 0.6) is 5.75 Å². The standard InChI is InChI=1S/C14H18N2O5/c1-14(21-7-12(17)18)8-16(9-14)13(19)15-10-5-3-4-6-11(10)20-2/h3-6H,7-9H2,1-2H3,(H,15,19)(H,17,18). The van der Waals surface area contributed by atoms with Crippen molar-refractivity contribution >= 4 is 17.7 Å². The third-order valence-corrected chi connectivity index (χ3v) is 3.23. The fourth-order valence-electron chi connectivity index (χ4n) is 2.17. The van der Waals surface area contributed by atoms with E-state index in [-0.39, 0.29) is 12.6 Å². The van der Waals surface area contributed by atoms with Gasteiger partial charge in [0, 0.05) is 0 Å². The van der Waals surface area contributed by atoms with Crippen molar-refractivity contribution in [2.45, 2.75) is 12.5 Å². The molecule has 1 saturated heterocycles. The number of nitrogens with one attached hydrogen (secondary N) is 1. The van der Waals surface area contributed by atoms with Gasteiger partial charge in [-0.05, 0) is 19.1 Å². The summed E-state index contributed by atoms with van der Waals surface area (Å²) in [7, 11) is 1.53. The molecule has 0 aromatic heterocycles. The summed E-state index contributed by atoms with van der Waals surface area (Å²) in [5.41, 5.74) is -0.0127. The van der Waals surface area contributed by atoms with Gasteiger partial charge in [-0.25, -0.2) is 9.59 Å². The Kier molecular flexibility index (Phi) is 4.32. The molecule has 1 aromatic rings. The Morgan fingerprint density at radius 2 is 2.05 bits per heavy atom. The second-order valence-electron chi connectivity index (χ2n) is 5.12. The molecule has 7 nitrogen and oxygen atoms in total. The lowest BCUT2D eigenvalue weighted by Crippen LogP contribution is -2.64. The highest BCUT2D eigenvalue weighted by atomic mass is 16.5. The molecule has 0 aliphatic carbocycles. The molecule has 114 valence electrons. The normalized spacial score (nSPS) is 16.0. The van der Waals surface area contributed by atoms with Gasteiger partial charge >= 0.3 is 12.0 Å². The third kappa shape index (κ3) is 3.63. The van der Waals surface area contributed by atoms with Crippen LogP contribution < -0.4 is 10.1 Å². The van der Waals surface area contributed by atoms with E-state index >= 15 is 0 Å². The molecule has 21 heavy (non-hydrogen) atoms.